The summed E-state index contributed by atoms with van der Waals surface area (Å²) in [5.74, 6) is -5.40. The number of aliphatic hydroxyl groups excluding tert-OH is 1. The number of carboxylic acid groups (broad SMARTS) is 2. The van der Waals surface area contributed by atoms with E-state index >= 15 is 0 Å². The summed E-state index contributed by atoms with van der Waals surface area (Å²) in [6, 6.07) is 2.87. The number of carbonyl (C=O) groups is 6. The van der Waals surface area contributed by atoms with E-state index in [9.17, 15) is 39.0 Å². The molecule has 1 aromatic carbocycles. The number of carboxylic acids is 2. The lowest BCUT2D eigenvalue weighted by Crippen LogP contribution is -2.58. The van der Waals surface area contributed by atoms with E-state index in [4.69, 9.17) is 10.8 Å². The molecule has 14 nitrogen and oxygen atoms in total. The third-order valence-electron chi connectivity index (χ3n) is 6.87. The van der Waals surface area contributed by atoms with Crippen LogP contribution in [0, 0.1) is 5.92 Å². The van der Waals surface area contributed by atoms with Crippen molar-refractivity contribution in [1.82, 2.24) is 20.9 Å². The minimum absolute atomic E-state index is 0.0622. The van der Waals surface area contributed by atoms with Crippen molar-refractivity contribution in [1.29, 1.82) is 0 Å². The molecule has 1 aliphatic rings. The molecule has 0 unspecified atom stereocenters. The first-order chi connectivity index (χ1) is 19.8. The number of aliphatic hydroxyl groups is 1. The summed E-state index contributed by atoms with van der Waals surface area (Å²) in [5.41, 5.74) is 6.36. The summed E-state index contributed by atoms with van der Waals surface area (Å²) in [5, 5.41) is 35.4. The molecule has 0 saturated carbocycles. The van der Waals surface area contributed by atoms with Crippen LogP contribution in [0.1, 0.15) is 51.5 Å². The fourth-order valence-electron chi connectivity index (χ4n) is 4.68. The van der Waals surface area contributed by atoms with Gasteiger partial charge in [0.05, 0.1) is 6.61 Å². The van der Waals surface area contributed by atoms with Crippen LogP contribution in [0.4, 0.5) is 0 Å². The average Bonchev–Trinajstić information content (AvgIpc) is 3.43. The van der Waals surface area contributed by atoms with Crippen LogP contribution in [0.5, 0.6) is 0 Å². The van der Waals surface area contributed by atoms with Crippen LogP contribution in [0.15, 0.2) is 30.3 Å². The van der Waals surface area contributed by atoms with E-state index < -0.39 is 78.8 Å². The second-order valence-corrected chi connectivity index (χ2v) is 10.8. The Balaban J connectivity index is 2.24. The monoisotopic (exact) mass is 591 g/mol. The van der Waals surface area contributed by atoms with Gasteiger partial charge in [0.15, 0.2) is 0 Å². The van der Waals surface area contributed by atoms with E-state index in [1.165, 1.54) is 4.90 Å². The minimum Gasteiger partial charge on any atom is -0.481 e. The number of benzene rings is 1. The second kappa shape index (κ2) is 16.4. The molecule has 4 amide bonds. The third kappa shape index (κ3) is 10.4. The molecule has 232 valence electrons. The topological polar surface area (TPSA) is 228 Å². The summed E-state index contributed by atoms with van der Waals surface area (Å²) in [7, 11) is 0. The molecule has 1 aromatic rings. The predicted octanol–water partition coefficient (Wildman–Crippen LogP) is -1.01. The van der Waals surface area contributed by atoms with Gasteiger partial charge >= 0.3 is 11.9 Å². The van der Waals surface area contributed by atoms with Gasteiger partial charge in [-0.1, -0.05) is 44.2 Å². The standard InChI is InChI=1S/C28H41N5O9/c1-16(2)13-21(28(41)42)32-25(38)19(10-11-23(35)36)30-26(39)22-9-6-12-33(22)27(40)20(31-24(37)18(29)15-34)14-17-7-4-3-5-8-17/h3-5,7-8,16,18-22,34H,6,9-15,29H2,1-2H3,(H,30,39)(H,31,37)(H,32,38)(H,35,36)(H,41,42)/t18-,19-,20-,21+,22-/m1/s1. The first-order valence-electron chi connectivity index (χ1n) is 13.9. The maximum Gasteiger partial charge on any atom is 0.326 e. The van der Waals surface area contributed by atoms with Crippen LogP contribution in [0.3, 0.4) is 0 Å². The van der Waals surface area contributed by atoms with E-state index in [1.807, 2.05) is 0 Å². The highest BCUT2D eigenvalue weighted by Crippen LogP contribution is 2.20. The highest BCUT2D eigenvalue weighted by molar-refractivity contribution is 5.96. The minimum atomic E-state index is -1.36. The van der Waals surface area contributed by atoms with Crippen molar-refractivity contribution < 1.29 is 44.1 Å². The van der Waals surface area contributed by atoms with Gasteiger partial charge in [-0.25, -0.2) is 4.79 Å². The zero-order chi connectivity index (χ0) is 31.4. The Hall–Kier alpha value is -4.04. The molecule has 1 fully saturated rings. The van der Waals surface area contributed by atoms with Gasteiger partial charge in [-0.2, -0.15) is 0 Å². The first-order valence-corrected chi connectivity index (χ1v) is 13.9. The number of aliphatic carboxylic acids is 2. The van der Waals surface area contributed by atoms with Crippen molar-refractivity contribution in [2.24, 2.45) is 11.7 Å². The number of likely N-dealkylation sites (tertiary alicyclic amines) is 1. The lowest BCUT2D eigenvalue weighted by Gasteiger charge is -2.30. The van der Waals surface area contributed by atoms with Gasteiger partial charge in [0, 0.05) is 19.4 Å². The quantitative estimate of drug-likeness (QED) is 0.124. The summed E-state index contributed by atoms with van der Waals surface area (Å²) in [6.45, 7) is 3.11. The predicted molar refractivity (Wildman–Crippen MR) is 150 cm³/mol. The highest BCUT2D eigenvalue weighted by atomic mass is 16.4. The number of carbonyl (C=O) groups excluding carboxylic acids is 4. The molecule has 14 heteroatoms. The fourth-order valence-corrected chi connectivity index (χ4v) is 4.68. The van der Waals surface area contributed by atoms with Crippen LogP contribution < -0.4 is 21.7 Å². The van der Waals surface area contributed by atoms with E-state index in [-0.39, 0.29) is 38.1 Å². The smallest absolute Gasteiger partial charge is 0.326 e. The van der Waals surface area contributed by atoms with Gasteiger partial charge in [-0.05, 0) is 37.2 Å². The molecule has 1 aliphatic heterocycles. The van der Waals surface area contributed by atoms with Gasteiger partial charge in [-0.15, -0.1) is 0 Å². The van der Waals surface area contributed by atoms with Crippen LogP contribution in [-0.4, -0.2) is 99.1 Å². The normalized spacial score (nSPS) is 17.5. The molecule has 2 rings (SSSR count). The van der Waals surface area contributed by atoms with E-state index in [2.05, 4.69) is 16.0 Å². The van der Waals surface area contributed by atoms with Crippen LogP contribution in [0.25, 0.3) is 0 Å². The number of nitrogens with two attached hydrogens (primary N) is 1. The zero-order valence-electron chi connectivity index (χ0n) is 23.8. The molecule has 5 atom stereocenters. The number of hydrogen-bond acceptors (Lipinski definition) is 8. The van der Waals surface area contributed by atoms with Gasteiger partial charge < -0.3 is 41.9 Å². The summed E-state index contributed by atoms with van der Waals surface area (Å²) < 4.78 is 0. The van der Waals surface area contributed by atoms with Crippen molar-refractivity contribution in [2.45, 2.75) is 82.6 Å². The SMILES string of the molecule is CC(C)C[C@H](NC(=O)[C@@H](CCC(=O)O)NC(=O)[C@H]1CCCN1C(=O)[C@@H](Cc1ccccc1)NC(=O)[C@H](N)CO)C(=O)O. The molecule has 8 N–H and O–H groups in total. The van der Waals surface area contributed by atoms with Crippen molar-refractivity contribution in [3.8, 4) is 0 Å². The molecular weight excluding hydrogens is 550 g/mol. The maximum atomic E-state index is 13.7. The van der Waals surface area contributed by atoms with Gasteiger partial charge in [0.1, 0.15) is 30.2 Å². The molecular formula is C28H41N5O9. The van der Waals surface area contributed by atoms with Crippen LogP contribution >= 0.6 is 0 Å². The van der Waals surface area contributed by atoms with E-state index in [0.29, 0.717) is 6.42 Å². The van der Waals surface area contributed by atoms with Crippen LogP contribution in [0.2, 0.25) is 0 Å². The largest absolute Gasteiger partial charge is 0.481 e. The Labute approximate surface area is 244 Å². The van der Waals surface area contributed by atoms with Gasteiger partial charge in [0.25, 0.3) is 0 Å². The average molecular weight is 592 g/mol. The molecule has 0 spiro atoms. The number of nitrogens with one attached hydrogen (secondary N) is 3. The molecule has 0 bridgehead atoms. The van der Waals surface area contributed by atoms with Gasteiger partial charge in [-0.3, -0.25) is 24.0 Å². The molecule has 1 heterocycles. The third-order valence-corrected chi connectivity index (χ3v) is 6.87. The number of hydrogen-bond donors (Lipinski definition) is 7. The number of amides is 4. The molecule has 42 heavy (non-hydrogen) atoms. The molecule has 1 saturated heterocycles. The molecule has 0 radical (unpaired) electrons. The number of nitrogens with zero attached hydrogens (tertiary/aromatic N) is 1. The highest BCUT2D eigenvalue weighted by Gasteiger charge is 2.39. The van der Waals surface area contributed by atoms with E-state index in [0.717, 1.165) is 5.56 Å². The maximum absolute atomic E-state index is 13.7. The summed E-state index contributed by atoms with van der Waals surface area (Å²) >= 11 is 0. The summed E-state index contributed by atoms with van der Waals surface area (Å²) in [6.07, 6.45) is 0.146. The molecule has 0 aliphatic carbocycles. The Morgan fingerprint density at radius 2 is 1.60 bits per heavy atom. The Morgan fingerprint density at radius 1 is 0.952 bits per heavy atom. The molecule has 0 aromatic heterocycles. The second-order valence-electron chi connectivity index (χ2n) is 10.8. The van der Waals surface area contributed by atoms with Crippen molar-refractivity contribution in [3.05, 3.63) is 35.9 Å². The fraction of sp³-hybridized carbons (Fsp3) is 0.571. The number of rotatable bonds is 16. The van der Waals surface area contributed by atoms with Crippen LogP contribution in [-0.2, 0) is 35.2 Å². The van der Waals surface area contributed by atoms with E-state index in [1.54, 1.807) is 44.2 Å². The van der Waals surface area contributed by atoms with Crippen molar-refractivity contribution in [2.75, 3.05) is 13.2 Å². The van der Waals surface area contributed by atoms with Crippen molar-refractivity contribution >= 4 is 35.6 Å². The Bertz CT molecular complexity index is 1110. The lowest BCUT2D eigenvalue weighted by atomic mass is 10.0. The zero-order valence-corrected chi connectivity index (χ0v) is 23.8. The van der Waals surface area contributed by atoms with Crippen molar-refractivity contribution in [3.63, 3.8) is 0 Å². The Kier molecular flexibility index (Phi) is 13.4. The van der Waals surface area contributed by atoms with Gasteiger partial charge in [0.2, 0.25) is 23.6 Å². The summed E-state index contributed by atoms with van der Waals surface area (Å²) in [4.78, 5) is 76.7. The Morgan fingerprint density at radius 3 is 2.17 bits per heavy atom. The first kappa shape index (κ1) is 34.2. The lowest BCUT2D eigenvalue weighted by molar-refractivity contribution is -0.144.